The summed E-state index contributed by atoms with van der Waals surface area (Å²) in [6.45, 7) is 0. The number of benzene rings is 1. The van der Waals surface area contributed by atoms with E-state index in [9.17, 15) is 0 Å². The lowest BCUT2D eigenvalue weighted by Gasteiger charge is -2.10. The first kappa shape index (κ1) is 11.7. The van der Waals surface area contributed by atoms with Gasteiger partial charge in [0.1, 0.15) is 5.75 Å². The SMILES string of the molecule is COc1ccc(C(Br)c2ccoc2)cc1Br. The van der Waals surface area contributed by atoms with Crippen LogP contribution >= 0.6 is 31.9 Å². The van der Waals surface area contributed by atoms with Crippen LogP contribution in [-0.2, 0) is 0 Å². The van der Waals surface area contributed by atoms with Crippen molar-refractivity contribution < 1.29 is 9.15 Å². The van der Waals surface area contributed by atoms with Crippen molar-refractivity contribution in [3.05, 3.63) is 52.4 Å². The highest BCUT2D eigenvalue weighted by Crippen LogP contribution is 2.35. The van der Waals surface area contributed by atoms with Crippen molar-refractivity contribution in [3.63, 3.8) is 0 Å². The van der Waals surface area contributed by atoms with Crippen molar-refractivity contribution in [1.82, 2.24) is 0 Å². The summed E-state index contributed by atoms with van der Waals surface area (Å²) in [7, 11) is 1.65. The third-order valence-corrected chi connectivity index (χ3v) is 3.98. The van der Waals surface area contributed by atoms with Gasteiger partial charge >= 0.3 is 0 Å². The van der Waals surface area contributed by atoms with E-state index in [0.717, 1.165) is 21.3 Å². The molecule has 0 aliphatic heterocycles. The molecule has 1 aromatic heterocycles. The van der Waals surface area contributed by atoms with Crippen LogP contribution in [0.5, 0.6) is 5.75 Å². The van der Waals surface area contributed by atoms with Crippen molar-refractivity contribution in [2.24, 2.45) is 0 Å². The second-order valence-electron chi connectivity index (χ2n) is 3.31. The standard InChI is InChI=1S/C12H10Br2O2/c1-15-11-3-2-8(6-10(11)13)12(14)9-4-5-16-7-9/h2-7,12H,1H3. The van der Waals surface area contributed by atoms with Gasteiger partial charge in [-0.25, -0.2) is 0 Å². The summed E-state index contributed by atoms with van der Waals surface area (Å²) in [6, 6.07) is 7.94. The van der Waals surface area contributed by atoms with Gasteiger partial charge in [-0.15, -0.1) is 0 Å². The molecule has 0 fully saturated rings. The Morgan fingerprint density at radius 2 is 2.06 bits per heavy atom. The van der Waals surface area contributed by atoms with Crippen molar-refractivity contribution in [1.29, 1.82) is 0 Å². The number of halogens is 2. The maximum atomic E-state index is 5.19. The predicted octanol–water partition coefficient (Wildman–Crippen LogP) is 4.54. The molecule has 0 aliphatic rings. The fourth-order valence-corrected chi connectivity index (χ4v) is 2.56. The van der Waals surface area contributed by atoms with Gasteiger partial charge in [0.2, 0.25) is 0 Å². The smallest absolute Gasteiger partial charge is 0.133 e. The zero-order valence-corrected chi connectivity index (χ0v) is 11.8. The second kappa shape index (κ2) is 5.06. The number of methoxy groups -OCH3 is 1. The van der Waals surface area contributed by atoms with E-state index < -0.39 is 0 Å². The molecule has 1 atom stereocenters. The van der Waals surface area contributed by atoms with E-state index in [2.05, 4.69) is 31.9 Å². The van der Waals surface area contributed by atoms with E-state index in [-0.39, 0.29) is 4.83 Å². The number of rotatable bonds is 3. The molecule has 1 unspecified atom stereocenters. The molecule has 0 amide bonds. The highest BCUT2D eigenvalue weighted by Gasteiger charge is 2.13. The van der Waals surface area contributed by atoms with Gasteiger partial charge in [-0.3, -0.25) is 0 Å². The first-order chi connectivity index (χ1) is 7.72. The lowest BCUT2D eigenvalue weighted by molar-refractivity contribution is 0.412. The van der Waals surface area contributed by atoms with Crippen LogP contribution in [0.3, 0.4) is 0 Å². The molecule has 4 heteroatoms. The molecule has 0 N–H and O–H groups in total. The monoisotopic (exact) mass is 344 g/mol. The molecule has 2 rings (SSSR count). The first-order valence-corrected chi connectivity index (χ1v) is 6.43. The quantitative estimate of drug-likeness (QED) is 0.762. The minimum absolute atomic E-state index is 0.133. The molecule has 0 radical (unpaired) electrons. The molecule has 2 aromatic rings. The summed E-state index contributed by atoms with van der Waals surface area (Å²) in [5.41, 5.74) is 2.24. The normalized spacial score (nSPS) is 12.4. The van der Waals surface area contributed by atoms with E-state index in [1.54, 1.807) is 19.6 Å². The predicted molar refractivity (Wildman–Crippen MR) is 70.2 cm³/mol. The van der Waals surface area contributed by atoms with E-state index in [0.29, 0.717) is 0 Å². The topological polar surface area (TPSA) is 22.4 Å². The van der Waals surface area contributed by atoms with E-state index in [1.165, 1.54) is 0 Å². The summed E-state index contributed by atoms with van der Waals surface area (Å²) in [5, 5.41) is 0. The molecular weight excluding hydrogens is 336 g/mol. The summed E-state index contributed by atoms with van der Waals surface area (Å²) in [6.07, 6.45) is 3.40. The summed E-state index contributed by atoms with van der Waals surface area (Å²) in [4.78, 5) is 0.133. The summed E-state index contributed by atoms with van der Waals surface area (Å²) in [5.74, 6) is 0.829. The van der Waals surface area contributed by atoms with Gasteiger partial charge in [0.05, 0.1) is 28.9 Å². The molecule has 84 valence electrons. The molecule has 2 nitrogen and oxygen atoms in total. The van der Waals surface area contributed by atoms with Crippen molar-refractivity contribution >= 4 is 31.9 Å². The Bertz CT molecular complexity index is 466. The summed E-state index contributed by atoms with van der Waals surface area (Å²) < 4.78 is 11.2. The Morgan fingerprint density at radius 3 is 2.62 bits per heavy atom. The molecule has 1 aromatic carbocycles. The van der Waals surface area contributed by atoms with Gasteiger partial charge in [-0.05, 0) is 39.7 Å². The van der Waals surface area contributed by atoms with E-state index in [1.807, 2.05) is 24.3 Å². The maximum Gasteiger partial charge on any atom is 0.133 e. The van der Waals surface area contributed by atoms with Gasteiger partial charge < -0.3 is 9.15 Å². The Labute approximate surface area is 111 Å². The first-order valence-electron chi connectivity index (χ1n) is 4.72. The highest BCUT2D eigenvalue weighted by molar-refractivity contribution is 9.10. The third kappa shape index (κ3) is 2.33. The Balaban J connectivity index is 2.31. The molecule has 0 saturated heterocycles. The van der Waals surface area contributed by atoms with Crippen LogP contribution in [0, 0.1) is 0 Å². The fraction of sp³-hybridized carbons (Fsp3) is 0.167. The fourth-order valence-electron chi connectivity index (χ4n) is 1.45. The van der Waals surface area contributed by atoms with Crippen molar-refractivity contribution in [3.8, 4) is 5.75 Å². The zero-order valence-electron chi connectivity index (χ0n) is 8.61. The molecule has 1 heterocycles. The van der Waals surface area contributed by atoms with Gasteiger partial charge in [-0.1, -0.05) is 22.0 Å². The number of furan rings is 1. The minimum atomic E-state index is 0.133. The third-order valence-electron chi connectivity index (χ3n) is 2.30. The van der Waals surface area contributed by atoms with E-state index >= 15 is 0 Å². The van der Waals surface area contributed by atoms with Crippen LogP contribution in [-0.4, -0.2) is 7.11 Å². The zero-order chi connectivity index (χ0) is 11.5. The molecule has 0 aliphatic carbocycles. The summed E-state index contributed by atoms with van der Waals surface area (Å²) >= 11 is 7.10. The van der Waals surface area contributed by atoms with E-state index in [4.69, 9.17) is 9.15 Å². The average Bonchev–Trinajstić information content (AvgIpc) is 2.81. The molecular formula is C12H10Br2O2. The largest absolute Gasteiger partial charge is 0.496 e. The second-order valence-corrected chi connectivity index (χ2v) is 5.08. The van der Waals surface area contributed by atoms with Crippen LogP contribution in [0.25, 0.3) is 0 Å². The van der Waals surface area contributed by atoms with Crippen molar-refractivity contribution in [2.45, 2.75) is 4.83 Å². The van der Waals surface area contributed by atoms with Crippen LogP contribution in [0.2, 0.25) is 0 Å². The number of hydrogen-bond donors (Lipinski definition) is 0. The lowest BCUT2D eigenvalue weighted by atomic mass is 10.1. The molecule has 0 bridgehead atoms. The average molecular weight is 346 g/mol. The van der Waals surface area contributed by atoms with Gasteiger partial charge in [0, 0.05) is 5.56 Å². The Morgan fingerprint density at radius 1 is 1.25 bits per heavy atom. The maximum absolute atomic E-state index is 5.19. The molecule has 0 saturated carbocycles. The molecule has 16 heavy (non-hydrogen) atoms. The number of ether oxygens (including phenoxy) is 1. The van der Waals surface area contributed by atoms with Crippen LogP contribution in [0.15, 0.2) is 45.7 Å². The molecule has 0 spiro atoms. The van der Waals surface area contributed by atoms with Gasteiger partial charge in [-0.2, -0.15) is 0 Å². The van der Waals surface area contributed by atoms with Crippen LogP contribution in [0.4, 0.5) is 0 Å². The number of alkyl halides is 1. The van der Waals surface area contributed by atoms with Crippen molar-refractivity contribution in [2.75, 3.05) is 7.11 Å². The van der Waals surface area contributed by atoms with Gasteiger partial charge in [0.15, 0.2) is 0 Å². The van der Waals surface area contributed by atoms with Crippen LogP contribution in [0.1, 0.15) is 16.0 Å². The van der Waals surface area contributed by atoms with Crippen LogP contribution < -0.4 is 4.74 Å². The lowest BCUT2D eigenvalue weighted by Crippen LogP contribution is -1.92. The number of hydrogen-bond acceptors (Lipinski definition) is 2. The Hall–Kier alpha value is -0.740. The minimum Gasteiger partial charge on any atom is -0.496 e. The highest BCUT2D eigenvalue weighted by atomic mass is 79.9. The van der Waals surface area contributed by atoms with Gasteiger partial charge in [0.25, 0.3) is 0 Å². The Kier molecular flexibility index (Phi) is 3.71.